The number of hydrogen-bond acceptors (Lipinski definition) is 4. The highest BCUT2D eigenvalue weighted by Gasteiger charge is 2.55. The van der Waals surface area contributed by atoms with Crippen molar-refractivity contribution < 1.29 is 19.0 Å². The first-order valence-electron chi connectivity index (χ1n) is 5.22. The number of hydrogen-bond donors (Lipinski definition) is 0. The number of fused-ring (bicyclic) bond motifs is 1. The van der Waals surface area contributed by atoms with Gasteiger partial charge >= 0.3 is 5.97 Å². The Hall–Kier alpha value is -0.610. The zero-order valence-corrected chi connectivity index (χ0v) is 8.19. The fraction of sp³-hybridized carbons (Fsp3) is 0.900. The molecular weight excluding hydrogens is 184 g/mol. The van der Waals surface area contributed by atoms with Crippen LogP contribution < -0.4 is 0 Å². The number of carbonyl (C=O) groups is 1. The molecule has 3 aliphatic heterocycles. The van der Waals surface area contributed by atoms with Gasteiger partial charge in [-0.3, -0.25) is 4.79 Å². The molecule has 0 unspecified atom stereocenters. The van der Waals surface area contributed by atoms with Gasteiger partial charge in [-0.1, -0.05) is 0 Å². The molecule has 0 radical (unpaired) electrons. The van der Waals surface area contributed by atoms with Gasteiger partial charge in [-0.15, -0.1) is 0 Å². The van der Waals surface area contributed by atoms with Gasteiger partial charge in [0, 0.05) is 12.8 Å². The summed E-state index contributed by atoms with van der Waals surface area (Å²) in [5.74, 6) is -0.573. The highest BCUT2D eigenvalue weighted by atomic mass is 16.7. The van der Waals surface area contributed by atoms with E-state index in [1.165, 1.54) is 0 Å². The normalized spacial score (nSPS) is 51.2. The molecule has 0 amide bonds. The van der Waals surface area contributed by atoms with E-state index < -0.39 is 5.79 Å². The summed E-state index contributed by atoms with van der Waals surface area (Å²) in [5.41, 5.74) is 0. The van der Waals surface area contributed by atoms with Crippen LogP contribution >= 0.6 is 0 Å². The quantitative estimate of drug-likeness (QED) is 0.544. The number of esters is 1. The predicted molar refractivity (Wildman–Crippen MR) is 46.5 cm³/mol. The topological polar surface area (TPSA) is 44.8 Å². The minimum Gasteiger partial charge on any atom is -0.459 e. The van der Waals surface area contributed by atoms with Crippen LogP contribution in [0.3, 0.4) is 0 Å². The lowest BCUT2D eigenvalue weighted by Gasteiger charge is -2.23. The zero-order valence-electron chi connectivity index (χ0n) is 8.19. The molecular formula is C10H14O4. The average molecular weight is 198 g/mol. The van der Waals surface area contributed by atoms with E-state index in [4.69, 9.17) is 14.2 Å². The lowest BCUT2D eigenvalue weighted by molar-refractivity contribution is -0.213. The Bertz CT molecular complexity index is 259. The number of ether oxygens (including phenoxy) is 3. The summed E-state index contributed by atoms with van der Waals surface area (Å²) in [7, 11) is 0. The van der Waals surface area contributed by atoms with Crippen LogP contribution in [-0.4, -0.2) is 30.1 Å². The van der Waals surface area contributed by atoms with Crippen LogP contribution in [0.4, 0.5) is 0 Å². The molecule has 0 aromatic rings. The first-order valence-corrected chi connectivity index (χ1v) is 5.22. The Morgan fingerprint density at radius 1 is 1.36 bits per heavy atom. The Morgan fingerprint density at radius 3 is 2.86 bits per heavy atom. The van der Waals surface area contributed by atoms with Crippen LogP contribution in [0.5, 0.6) is 0 Å². The monoisotopic (exact) mass is 198 g/mol. The number of carbonyl (C=O) groups excluding carboxylic acids is 1. The fourth-order valence-corrected chi connectivity index (χ4v) is 2.65. The molecule has 3 heterocycles. The van der Waals surface area contributed by atoms with Crippen LogP contribution in [-0.2, 0) is 19.0 Å². The van der Waals surface area contributed by atoms with E-state index in [1.807, 2.05) is 0 Å². The van der Waals surface area contributed by atoms with Crippen molar-refractivity contribution in [3.63, 3.8) is 0 Å². The molecule has 1 spiro atoms. The van der Waals surface area contributed by atoms with E-state index in [0.717, 1.165) is 12.8 Å². The third-order valence-corrected chi connectivity index (χ3v) is 3.29. The van der Waals surface area contributed by atoms with Crippen molar-refractivity contribution in [3.05, 3.63) is 0 Å². The Labute approximate surface area is 82.5 Å². The Balaban J connectivity index is 1.74. The van der Waals surface area contributed by atoms with Crippen LogP contribution in [0, 0.1) is 0 Å². The minimum atomic E-state index is -0.435. The standard InChI is InChI=1S/C10H14O4/c1-6-2-3-10(13-6)5-8-7(14-10)4-9(11)12-8/h6-8H,2-5H2,1H3/t6-,7+,8+,10+/m1/s1. The highest BCUT2D eigenvalue weighted by Crippen LogP contribution is 2.45. The SMILES string of the molecule is C[C@@H]1CC[C@]2(C[C@@H]3OC(=O)C[C@@H]3O2)O1. The largest absolute Gasteiger partial charge is 0.459 e. The summed E-state index contributed by atoms with van der Waals surface area (Å²) < 4.78 is 16.7. The van der Waals surface area contributed by atoms with Crippen LogP contribution in [0.2, 0.25) is 0 Å². The van der Waals surface area contributed by atoms with Crippen molar-refractivity contribution >= 4 is 5.97 Å². The van der Waals surface area contributed by atoms with Gasteiger partial charge in [0.05, 0.1) is 12.5 Å². The van der Waals surface area contributed by atoms with Crippen molar-refractivity contribution in [2.75, 3.05) is 0 Å². The van der Waals surface area contributed by atoms with E-state index in [2.05, 4.69) is 6.92 Å². The van der Waals surface area contributed by atoms with E-state index in [1.54, 1.807) is 0 Å². The molecule has 0 bridgehead atoms. The molecule has 3 fully saturated rings. The third kappa shape index (κ3) is 1.17. The maximum absolute atomic E-state index is 11.0. The average Bonchev–Trinajstić information content (AvgIpc) is 2.66. The molecule has 3 aliphatic rings. The van der Waals surface area contributed by atoms with Crippen molar-refractivity contribution in [2.24, 2.45) is 0 Å². The molecule has 0 aromatic heterocycles. The molecule has 0 saturated carbocycles. The highest BCUT2D eigenvalue weighted by molar-refractivity contribution is 5.72. The summed E-state index contributed by atoms with van der Waals surface area (Å²) in [6.45, 7) is 2.05. The molecule has 78 valence electrons. The lowest BCUT2D eigenvalue weighted by Crippen LogP contribution is -2.29. The summed E-state index contributed by atoms with van der Waals surface area (Å²) >= 11 is 0. The van der Waals surface area contributed by atoms with Gasteiger partial charge in [-0.2, -0.15) is 0 Å². The first-order chi connectivity index (χ1) is 6.67. The Morgan fingerprint density at radius 2 is 2.21 bits per heavy atom. The van der Waals surface area contributed by atoms with Gasteiger partial charge in [0.25, 0.3) is 0 Å². The number of rotatable bonds is 0. The molecule has 14 heavy (non-hydrogen) atoms. The van der Waals surface area contributed by atoms with Crippen molar-refractivity contribution in [1.29, 1.82) is 0 Å². The molecule has 4 heteroatoms. The molecule has 0 aliphatic carbocycles. The van der Waals surface area contributed by atoms with Crippen molar-refractivity contribution in [3.8, 4) is 0 Å². The lowest BCUT2D eigenvalue weighted by atomic mass is 10.1. The molecule has 4 atom stereocenters. The van der Waals surface area contributed by atoms with Gasteiger partial charge in [0.15, 0.2) is 5.79 Å². The van der Waals surface area contributed by atoms with Gasteiger partial charge in [-0.05, 0) is 13.3 Å². The molecule has 4 nitrogen and oxygen atoms in total. The van der Waals surface area contributed by atoms with Crippen LogP contribution in [0.1, 0.15) is 32.6 Å². The third-order valence-electron chi connectivity index (χ3n) is 3.29. The predicted octanol–water partition coefficient (Wildman–Crippen LogP) is 0.986. The summed E-state index contributed by atoms with van der Waals surface area (Å²) in [6, 6.07) is 0. The van der Waals surface area contributed by atoms with Crippen molar-refractivity contribution in [2.45, 2.75) is 56.7 Å². The van der Waals surface area contributed by atoms with Crippen LogP contribution in [0.15, 0.2) is 0 Å². The first kappa shape index (κ1) is 8.68. The summed E-state index contributed by atoms with van der Waals surface area (Å²) in [6.07, 6.45) is 3.22. The molecule has 3 rings (SSSR count). The molecule has 0 N–H and O–H groups in total. The molecule has 3 saturated heterocycles. The van der Waals surface area contributed by atoms with E-state index in [9.17, 15) is 4.79 Å². The second-order valence-electron chi connectivity index (χ2n) is 4.47. The summed E-state index contributed by atoms with van der Waals surface area (Å²) in [5, 5.41) is 0. The second-order valence-corrected chi connectivity index (χ2v) is 4.47. The van der Waals surface area contributed by atoms with Crippen LogP contribution in [0.25, 0.3) is 0 Å². The maximum Gasteiger partial charge on any atom is 0.308 e. The second kappa shape index (κ2) is 2.70. The maximum atomic E-state index is 11.0. The van der Waals surface area contributed by atoms with E-state index in [0.29, 0.717) is 12.8 Å². The van der Waals surface area contributed by atoms with Crippen molar-refractivity contribution in [1.82, 2.24) is 0 Å². The zero-order chi connectivity index (χ0) is 9.76. The Kier molecular flexibility index (Phi) is 1.67. The summed E-state index contributed by atoms with van der Waals surface area (Å²) in [4.78, 5) is 11.0. The fourth-order valence-electron chi connectivity index (χ4n) is 2.65. The smallest absolute Gasteiger partial charge is 0.308 e. The van der Waals surface area contributed by atoms with Gasteiger partial charge < -0.3 is 14.2 Å². The van der Waals surface area contributed by atoms with Gasteiger partial charge in [0.1, 0.15) is 12.2 Å². The van der Waals surface area contributed by atoms with Gasteiger partial charge in [-0.25, -0.2) is 0 Å². The van der Waals surface area contributed by atoms with Gasteiger partial charge in [0.2, 0.25) is 0 Å². The van der Waals surface area contributed by atoms with E-state index >= 15 is 0 Å². The molecule has 0 aromatic carbocycles. The van der Waals surface area contributed by atoms with E-state index in [-0.39, 0.29) is 24.3 Å². The minimum absolute atomic E-state index is 0.0622.